The number of halogens is 1. The Morgan fingerprint density at radius 2 is 2.33 bits per heavy atom. The number of pyridine rings is 1. The van der Waals surface area contributed by atoms with Gasteiger partial charge in [0.15, 0.2) is 5.65 Å². The van der Waals surface area contributed by atoms with E-state index in [9.17, 15) is 0 Å². The summed E-state index contributed by atoms with van der Waals surface area (Å²) in [6.07, 6.45) is 1.10. The molecule has 78 valence electrons. The molecule has 5 heteroatoms. The first kappa shape index (κ1) is 9.12. The zero-order valence-corrected chi connectivity index (χ0v) is 8.91. The van der Waals surface area contributed by atoms with E-state index < -0.39 is 0 Å². The number of hydrogen-bond acceptors (Lipinski definition) is 3. The molecule has 0 spiro atoms. The van der Waals surface area contributed by atoms with Crippen molar-refractivity contribution in [2.75, 3.05) is 13.1 Å². The summed E-state index contributed by atoms with van der Waals surface area (Å²) in [6.45, 7) is 2.01. The van der Waals surface area contributed by atoms with Gasteiger partial charge in [-0.15, -0.1) is 10.2 Å². The monoisotopic (exact) mass is 222 g/mol. The van der Waals surface area contributed by atoms with Crippen LogP contribution in [0, 0.1) is 0 Å². The molecule has 4 nitrogen and oxygen atoms in total. The van der Waals surface area contributed by atoms with Gasteiger partial charge < -0.3 is 5.32 Å². The zero-order valence-electron chi connectivity index (χ0n) is 8.15. The van der Waals surface area contributed by atoms with Gasteiger partial charge >= 0.3 is 0 Å². The van der Waals surface area contributed by atoms with E-state index in [-0.39, 0.29) is 0 Å². The lowest BCUT2D eigenvalue weighted by molar-refractivity contribution is 0.691. The van der Waals surface area contributed by atoms with Crippen LogP contribution in [0.15, 0.2) is 18.2 Å². The van der Waals surface area contributed by atoms with Gasteiger partial charge in [-0.1, -0.05) is 17.7 Å². The van der Waals surface area contributed by atoms with E-state index in [1.807, 2.05) is 22.6 Å². The molecule has 0 radical (unpaired) electrons. The lowest BCUT2D eigenvalue weighted by atomic mass is 10.1. The van der Waals surface area contributed by atoms with Crippen LogP contribution in [0.4, 0.5) is 0 Å². The maximum Gasteiger partial charge on any atom is 0.161 e. The highest BCUT2D eigenvalue weighted by Crippen LogP contribution is 2.23. The van der Waals surface area contributed by atoms with Crippen molar-refractivity contribution in [3.63, 3.8) is 0 Å². The maximum absolute atomic E-state index is 6.14. The average molecular weight is 223 g/mol. The molecule has 0 amide bonds. The molecule has 0 saturated carbocycles. The quantitative estimate of drug-likeness (QED) is 0.743. The first-order chi connectivity index (χ1) is 7.36. The van der Waals surface area contributed by atoms with E-state index in [0.29, 0.717) is 11.1 Å². The fourth-order valence-corrected chi connectivity index (χ4v) is 2.31. The summed E-state index contributed by atoms with van der Waals surface area (Å²) in [6, 6.07) is 5.68. The van der Waals surface area contributed by atoms with Crippen LogP contribution in [0.1, 0.15) is 18.2 Å². The second-order valence-corrected chi connectivity index (χ2v) is 4.18. The number of nitrogens with zero attached hydrogens (tertiary/aromatic N) is 3. The lowest BCUT2D eigenvalue weighted by Gasteiger charge is -2.06. The SMILES string of the molecule is Clc1cccc2nnc(C3CCNC3)n12. The van der Waals surface area contributed by atoms with Crippen molar-refractivity contribution >= 4 is 17.2 Å². The van der Waals surface area contributed by atoms with Gasteiger partial charge in [-0.2, -0.15) is 0 Å². The molecule has 3 heterocycles. The van der Waals surface area contributed by atoms with Crippen molar-refractivity contribution in [1.29, 1.82) is 0 Å². The first-order valence-electron chi connectivity index (χ1n) is 5.06. The predicted octanol–water partition coefficient (Wildman–Crippen LogP) is 1.46. The molecule has 1 aliphatic heterocycles. The van der Waals surface area contributed by atoms with Gasteiger partial charge in [0.2, 0.25) is 0 Å². The molecule has 0 bridgehead atoms. The van der Waals surface area contributed by atoms with Crippen molar-refractivity contribution in [2.24, 2.45) is 0 Å². The summed E-state index contributed by atoms with van der Waals surface area (Å²) >= 11 is 6.14. The fourth-order valence-electron chi connectivity index (χ4n) is 2.06. The van der Waals surface area contributed by atoms with Crippen LogP contribution >= 0.6 is 11.6 Å². The minimum absolute atomic E-state index is 0.430. The van der Waals surface area contributed by atoms with Crippen LogP contribution < -0.4 is 5.32 Å². The molecule has 0 aliphatic carbocycles. The van der Waals surface area contributed by atoms with Crippen molar-refractivity contribution in [2.45, 2.75) is 12.3 Å². The molecule has 0 aromatic carbocycles. The second kappa shape index (κ2) is 3.47. The Kier molecular flexibility index (Phi) is 2.11. The van der Waals surface area contributed by atoms with Crippen molar-refractivity contribution in [3.8, 4) is 0 Å². The van der Waals surface area contributed by atoms with E-state index in [2.05, 4.69) is 15.5 Å². The number of hydrogen-bond donors (Lipinski definition) is 1. The summed E-state index contributed by atoms with van der Waals surface area (Å²) in [5, 5.41) is 12.4. The third kappa shape index (κ3) is 1.41. The Balaban J connectivity index is 2.18. The Morgan fingerprint density at radius 1 is 1.40 bits per heavy atom. The number of aromatic nitrogens is 3. The highest BCUT2D eigenvalue weighted by molar-refractivity contribution is 6.29. The van der Waals surface area contributed by atoms with Gasteiger partial charge in [0.25, 0.3) is 0 Å². The summed E-state index contributed by atoms with van der Waals surface area (Å²) in [4.78, 5) is 0. The summed E-state index contributed by atoms with van der Waals surface area (Å²) in [7, 11) is 0. The van der Waals surface area contributed by atoms with E-state index in [1.165, 1.54) is 0 Å². The normalized spacial score (nSPS) is 21.3. The van der Waals surface area contributed by atoms with E-state index in [0.717, 1.165) is 31.0 Å². The molecule has 2 aromatic heterocycles. The first-order valence-corrected chi connectivity index (χ1v) is 5.44. The predicted molar refractivity (Wildman–Crippen MR) is 58.2 cm³/mol. The molecule has 1 fully saturated rings. The number of nitrogens with one attached hydrogen (secondary N) is 1. The van der Waals surface area contributed by atoms with E-state index in [4.69, 9.17) is 11.6 Å². The van der Waals surface area contributed by atoms with E-state index in [1.54, 1.807) is 0 Å². The standard InChI is InChI=1S/C10H11ClN4/c11-8-2-1-3-9-13-14-10(15(8)9)7-4-5-12-6-7/h1-3,7,12H,4-6H2. The third-order valence-electron chi connectivity index (χ3n) is 2.83. The van der Waals surface area contributed by atoms with Crippen molar-refractivity contribution < 1.29 is 0 Å². The van der Waals surface area contributed by atoms with E-state index >= 15 is 0 Å². The second-order valence-electron chi connectivity index (χ2n) is 3.79. The molecule has 3 rings (SSSR count). The smallest absolute Gasteiger partial charge is 0.161 e. The van der Waals surface area contributed by atoms with Crippen LogP contribution in [0.2, 0.25) is 5.15 Å². The van der Waals surface area contributed by atoms with Crippen LogP contribution in [0.3, 0.4) is 0 Å². The molecule has 1 atom stereocenters. The molecule has 1 unspecified atom stereocenters. The van der Waals surface area contributed by atoms with Gasteiger partial charge in [-0.3, -0.25) is 4.40 Å². The summed E-state index contributed by atoms with van der Waals surface area (Å²) in [5.41, 5.74) is 0.824. The molecule has 1 aliphatic rings. The Labute approximate surface area is 92.3 Å². The molecular weight excluding hydrogens is 212 g/mol. The largest absolute Gasteiger partial charge is 0.316 e. The van der Waals surface area contributed by atoms with Gasteiger partial charge in [-0.05, 0) is 25.1 Å². The van der Waals surface area contributed by atoms with Gasteiger partial charge in [0.05, 0.1) is 0 Å². The van der Waals surface area contributed by atoms with Crippen LogP contribution in [0.5, 0.6) is 0 Å². The Morgan fingerprint density at radius 3 is 3.13 bits per heavy atom. The molecule has 15 heavy (non-hydrogen) atoms. The summed E-state index contributed by atoms with van der Waals surface area (Å²) < 4.78 is 1.93. The van der Waals surface area contributed by atoms with Gasteiger partial charge in [-0.25, -0.2) is 0 Å². The van der Waals surface area contributed by atoms with Gasteiger partial charge in [0.1, 0.15) is 11.0 Å². The number of rotatable bonds is 1. The Bertz CT molecular complexity index is 487. The molecule has 1 N–H and O–H groups in total. The lowest BCUT2D eigenvalue weighted by Crippen LogP contribution is -2.10. The minimum atomic E-state index is 0.430. The van der Waals surface area contributed by atoms with Crippen LogP contribution in [-0.4, -0.2) is 27.7 Å². The van der Waals surface area contributed by atoms with Crippen LogP contribution in [0.25, 0.3) is 5.65 Å². The number of fused-ring (bicyclic) bond motifs is 1. The van der Waals surface area contributed by atoms with Gasteiger partial charge in [0, 0.05) is 12.5 Å². The molecule has 1 saturated heterocycles. The molecular formula is C10H11ClN4. The summed E-state index contributed by atoms with van der Waals surface area (Å²) in [5.74, 6) is 1.40. The molecule has 2 aromatic rings. The van der Waals surface area contributed by atoms with Crippen LogP contribution in [-0.2, 0) is 0 Å². The fraction of sp³-hybridized carbons (Fsp3) is 0.400. The maximum atomic E-state index is 6.14. The Hall–Kier alpha value is -1.13. The minimum Gasteiger partial charge on any atom is -0.316 e. The average Bonchev–Trinajstić information content (AvgIpc) is 2.85. The highest BCUT2D eigenvalue weighted by Gasteiger charge is 2.22. The highest BCUT2D eigenvalue weighted by atomic mass is 35.5. The zero-order chi connectivity index (χ0) is 10.3. The van der Waals surface area contributed by atoms with Crippen molar-refractivity contribution in [1.82, 2.24) is 19.9 Å². The third-order valence-corrected chi connectivity index (χ3v) is 3.13. The topological polar surface area (TPSA) is 42.2 Å². The van der Waals surface area contributed by atoms with Crippen molar-refractivity contribution in [3.05, 3.63) is 29.2 Å².